The Bertz CT molecular complexity index is 1020. The number of benzene rings is 1. The summed E-state index contributed by atoms with van der Waals surface area (Å²) in [6.07, 6.45) is 7.36. The van der Waals surface area contributed by atoms with Gasteiger partial charge in [-0.15, -0.1) is 0 Å². The van der Waals surface area contributed by atoms with E-state index in [4.69, 9.17) is 0 Å². The minimum absolute atomic E-state index is 0. The molecule has 1 saturated heterocycles. The number of carbonyl (C=O) groups excluding carboxylic acids is 1. The minimum atomic E-state index is -3.72. The van der Waals surface area contributed by atoms with Crippen molar-refractivity contribution in [3.63, 3.8) is 0 Å². The van der Waals surface area contributed by atoms with E-state index < -0.39 is 21.3 Å². The molecule has 31 heavy (non-hydrogen) atoms. The molecular weight excluding hydrogens is 439 g/mol. The number of hydrogen-bond donors (Lipinski definition) is 2. The van der Waals surface area contributed by atoms with E-state index in [0.717, 1.165) is 55.6 Å². The number of nitrogens with zero attached hydrogens (tertiary/aromatic N) is 2. The van der Waals surface area contributed by atoms with E-state index >= 15 is 0 Å². The van der Waals surface area contributed by atoms with Crippen LogP contribution in [0.15, 0.2) is 36.7 Å². The SMILES string of the molecule is CCN1CCC(S(=O)(=O)NC(=O)Nc2c(-c3ccncc3)ccc3c2CCC3)CC1.[KH]. The number of pyridine rings is 1. The van der Waals surface area contributed by atoms with Gasteiger partial charge in [0.25, 0.3) is 0 Å². The van der Waals surface area contributed by atoms with E-state index in [0.29, 0.717) is 18.5 Å². The molecule has 7 nitrogen and oxygen atoms in total. The van der Waals surface area contributed by atoms with Crippen molar-refractivity contribution in [2.45, 2.75) is 44.3 Å². The number of likely N-dealkylation sites (tertiary alicyclic amines) is 1. The van der Waals surface area contributed by atoms with Gasteiger partial charge in [-0.25, -0.2) is 17.9 Å². The van der Waals surface area contributed by atoms with Crippen LogP contribution < -0.4 is 10.0 Å². The van der Waals surface area contributed by atoms with Gasteiger partial charge in [-0.2, -0.15) is 0 Å². The van der Waals surface area contributed by atoms with Gasteiger partial charge in [0.1, 0.15) is 0 Å². The second-order valence-electron chi connectivity index (χ2n) is 7.95. The van der Waals surface area contributed by atoms with Gasteiger partial charge in [0.2, 0.25) is 10.0 Å². The Balaban J connectivity index is 0.00000272. The summed E-state index contributed by atoms with van der Waals surface area (Å²) in [5, 5.41) is 2.33. The van der Waals surface area contributed by atoms with Crippen molar-refractivity contribution in [3.8, 4) is 11.1 Å². The molecule has 0 unspecified atom stereocenters. The van der Waals surface area contributed by atoms with Crippen molar-refractivity contribution in [3.05, 3.63) is 47.8 Å². The average molecular weight is 469 g/mol. The number of urea groups is 1. The van der Waals surface area contributed by atoms with E-state index in [1.165, 1.54) is 5.56 Å². The molecule has 4 rings (SSSR count). The zero-order chi connectivity index (χ0) is 21.1. The van der Waals surface area contributed by atoms with Crippen LogP contribution in [-0.2, 0) is 22.9 Å². The average Bonchev–Trinajstić information content (AvgIpc) is 3.23. The van der Waals surface area contributed by atoms with Crippen LogP contribution in [-0.4, -0.2) is 101 Å². The molecule has 1 fully saturated rings. The number of sulfonamides is 1. The summed E-state index contributed by atoms with van der Waals surface area (Å²) in [4.78, 5) is 19.0. The molecule has 1 aromatic carbocycles. The van der Waals surface area contributed by atoms with E-state index in [-0.39, 0.29) is 51.4 Å². The van der Waals surface area contributed by atoms with Crippen LogP contribution in [0.2, 0.25) is 0 Å². The number of piperidine rings is 1. The standard InChI is InChI=1S/C22H28N4O3S.K.H/c1-2-26-14-10-18(11-15-26)30(28,29)25-22(27)24-21-19-5-3-4-16(19)6-7-20(21)17-8-12-23-13-9-17;;/h6-9,12-13,18H,2-5,10-11,14-15H2,1H3,(H2,24,25,27);;. The molecule has 1 aliphatic carbocycles. The predicted molar refractivity (Wildman–Crippen MR) is 125 cm³/mol. The first-order chi connectivity index (χ1) is 14.5. The first-order valence-electron chi connectivity index (χ1n) is 10.6. The van der Waals surface area contributed by atoms with Gasteiger partial charge < -0.3 is 10.2 Å². The van der Waals surface area contributed by atoms with Crippen LogP contribution in [0.5, 0.6) is 0 Å². The van der Waals surface area contributed by atoms with Crippen LogP contribution in [0.4, 0.5) is 10.5 Å². The first-order valence-corrected chi connectivity index (χ1v) is 12.1. The Hall–Kier alpha value is -0.814. The molecule has 1 aliphatic heterocycles. The number of carbonyl (C=O) groups is 1. The van der Waals surface area contributed by atoms with Gasteiger partial charge >= 0.3 is 57.4 Å². The number of amides is 2. The second kappa shape index (κ2) is 10.9. The van der Waals surface area contributed by atoms with Gasteiger partial charge in [-0.1, -0.05) is 19.1 Å². The normalized spacial score (nSPS) is 16.9. The molecule has 0 radical (unpaired) electrons. The summed E-state index contributed by atoms with van der Waals surface area (Å²) in [6.45, 7) is 4.46. The van der Waals surface area contributed by atoms with Crippen molar-refractivity contribution in [2.75, 3.05) is 25.0 Å². The molecule has 0 atom stereocenters. The molecule has 2 aliphatic rings. The van der Waals surface area contributed by atoms with Gasteiger partial charge in [0.15, 0.2) is 0 Å². The third kappa shape index (κ3) is 5.76. The molecule has 0 bridgehead atoms. The molecule has 0 spiro atoms. The van der Waals surface area contributed by atoms with Gasteiger partial charge in [-0.3, -0.25) is 4.98 Å². The van der Waals surface area contributed by atoms with Crippen molar-refractivity contribution in [2.24, 2.45) is 0 Å². The zero-order valence-corrected chi connectivity index (χ0v) is 18.0. The predicted octanol–water partition coefficient (Wildman–Crippen LogP) is 2.52. The van der Waals surface area contributed by atoms with E-state index in [1.807, 2.05) is 18.2 Å². The summed E-state index contributed by atoms with van der Waals surface area (Å²) in [5.41, 5.74) is 4.81. The number of rotatable bonds is 5. The molecule has 9 heteroatoms. The number of aryl methyl sites for hydroxylation is 1. The summed E-state index contributed by atoms with van der Waals surface area (Å²) in [6, 6.07) is 7.17. The van der Waals surface area contributed by atoms with Crippen molar-refractivity contribution in [1.82, 2.24) is 14.6 Å². The fraction of sp³-hybridized carbons (Fsp3) is 0.455. The first kappa shape index (κ1) is 24.8. The molecule has 0 saturated carbocycles. The maximum atomic E-state index is 12.8. The van der Waals surface area contributed by atoms with Crippen molar-refractivity contribution in [1.29, 1.82) is 0 Å². The van der Waals surface area contributed by atoms with Crippen LogP contribution in [0.25, 0.3) is 11.1 Å². The summed E-state index contributed by atoms with van der Waals surface area (Å²) >= 11 is 0. The fourth-order valence-electron chi connectivity index (χ4n) is 4.47. The number of aromatic nitrogens is 1. The fourth-order valence-corrected chi connectivity index (χ4v) is 5.78. The molecule has 2 N–H and O–H groups in total. The number of hydrogen-bond acceptors (Lipinski definition) is 5. The number of fused-ring (bicyclic) bond motifs is 1. The van der Waals surface area contributed by atoms with Gasteiger partial charge in [0.05, 0.1) is 10.9 Å². The van der Waals surface area contributed by atoms with Crippen LogP contribution in [0, 0.1) is 0 Å². The Morgan fingerprint density at radius 3 is 2.52 bits per heavy atom. The Kier molecular flexibility index (Phi) is 8.70. The third-order valence-corrected chi connectivity index (χ3v) is 7.99. The Morgan fingerprint density at radius 1 is 1.13 bits per heavy atom. The molecule has 2 aromatic rings. The number of nitrogens with one attached hydrogen (secondary N) is 2. The van der Waals surface area contributed by atoms with Crippen LogP contribution in [0.3, 0.4) is 0 Å². The van der Waals surface area contributed by atoms with E-state index in [1.54, 1.807) is 12.4 Å². The topological polar surface area (TPSA) is 91.4 Å². The summed E-state index contributed by atoms with van der Waals surface area (Å²) < 4.78 is 27.8. The molecule has 162 valence electrons. The zero-order valence-electron chi connectivity index (χ0n) is 17.2. The van der Waals surface area contributed by atoms with Crippen LogP contribution in [0.1, 0.15) is 37.3 Å². The van der Waals surface area contributed by atoms with Gasteiger partial charge in [0, 0.05) is 18.0 Å². The van der Waals surface area contributed by atoms with E-state index in [2.05, 4.69) is 32.9 Å². The molecule has 2 amide bonds. The Labute approximate surface area is 226 Å². The molecular formula is C22H29KN4O3S. The van der Waals surface area contributed by atoms with Gasteiger partial charge in [-0.05, 0) is 80.6 Å². The second-order valence-corrected chi connectivity index (χ2v) is 9.91. The Morgan fingerprint density at radius 2 is 1.84 bits per heavy atom. The summed E-state index contributed by atoms with van der Waals surface area (Å²) in [5.74, 6) is 0. The maximum absolute atomic E-state index is 12.8. The van der Waals surface area contributed by atoms with Crippen molar-refractivity contribution < 1.29 is 13.2 Å². The number of anilines is 1. The van der Waals surface area contributed by atoms with Crippen LogP contribution >= 0.6 is 0 Å². The quantitative estimate of drug-likeness (QED) is 0.658. The third-order valence-electron chi connectivity index (χ3n) is 6.17. The van der Waals surface area contributed by atoms with Crippen molar-refractivity contribution >= 4 is 73.1 Å². The monoisotopic (exact) mass is 468 g/mol. The van der Waals surface area contributed by atoms with E-state index in [9.17, 15) is 13.2 Å². The summed E-state index contributed by atoms with van der Waals surface area (Å²) in [7, 11) is -3.72. The molecule has 2 heterocycles. The molecule has 1 aromatic heterocycles.